The Labute approximate surface area is 149 Å². The number of benzene rings is 3. The van der Waals surface area contributed by atoms with Crippen LogP contribution in [0.2, 0.25) is 0 Å². The van der Waals surface area contributed by atoms with Crippen molar-refractivity contribution in [1.82, 2.24) is 5.32 Å². The fraction of sp³-hybridized carbons (Fsp3) is 0.217. The first-order valence-corrected chi connectivity index (χ1v) is 9.09. The van der Waals surface area contributed by atoms with Gasteiger partial charge in [0.15, 0.2) is 0 Å². The van der Waals surface area contributed by atoms with E-state index in [0.717, 1.165) is 32.5 Å². The molecule has 0 amide bonds. The molecule has 0 radical (unpaired) electrons. The van der Waals surface area contributed by atoms with Crippen molar-refractivity contribution in [3.05, 3.63) is 89.5 Å². The molecule has 1 aliphatic rings. The Morgan fingerprint density at radius 3 is 2.24 bits per heavy atom. The fourth-order valence-electron chi connectivity index (χ4n) is 3.43. The van der Waals surface area contributed by atoms with Gasteiger partial charge in [-0.1, -0.05) is 60.7 Å². The quantitative estimate of drug-likeness (QED) is 0.728. The van der Waals surface area contributed by atoms with E-state index in [9.17, 15) is 0 Å². The van der Waals surface area contributed by atoms with Crippen LogP contribution in [0.5, 0.6) is 0 Å². The van der Waals surface area contributed by atoms with Crippen molar-refractivity contribution in [3.63, 3.8) is 0 Å². The van der Waals surface area contributed by atoms with Crippen LogP contribution in [0.15, 0.2) is 72.8 Å². The normalized spacial score (nSPS) is 13.8. The van der Waals surface area contributed by atoms with Gasteiger partial charge in [0.25, 0.3) is 0 Å². The molecular formula is C23H24N2. The van der Waals surface area contributed by atoms with Gasteiger partial charge >= 0.3 is 0 Å². The van der Waals surface area contributed by atoms with Crippen LogP contribution < -0.4 is 10.6 Å². The summed E-state index contributed by atoms with van der Waals surface area (Å²) >= 11 is 0. The van der Waals surface area contributed by atoms with E-state index in [0.29, 0.717) is 0 Å². The molecule has 0 saturated carbocycles. The predicted molar refractivity (Wildman–Crippen MR) is 106 cm³/mol. The maximum atomic E-state index is 3.57. The number of anilines is 1. The van der Waals surface area contributed by atoms with Crippen molar-refractivity contribution < 1.29 is 0 Å². The van der Waals surface area contributed by atoms with Gasteiger partial charge in [0.1, 0.15) is 0 Å². The summed E-state index contributed by atoms with van der Waals surface area (Å²) in [5, 5.41) is 7.04. The van der Waals surface area contributed by atoms with Crippen LogP contribution in [0, 0.1) is 0 Å². The Morgan fingerprint density at radius 1 is 0.720 bits per heavy atom. The summed E-state index contributed by atoms with van der Waals surface area (Å²) < 4.78 is 0. The van der Waals surface area contributed by atoms with Crippen molar-refractivity contribution in [1.29, 1.82) is 0 Å². The molecule has 0 aliphatic carbocycles. The first-order valence-electron chi connectivity index (χ1n) is 9.09. The summed E-state index contributed by atoms with van der Waals surface area (Å²) in [7, 11) is 0. The van der Waals surface area contributed by atoms with Gasteiger partial charge in [0, 0.05) is 12.2 Å². The molecule has 25 heavy (non-hydrogen) atoms. The van der Waals surface area contributed by atoms with Crippen LogP contribution in [-0.2, 0) is 19.4 Å². The molecule has 2 N–H and O–H groups in total. The molecule has 0 atom stereocenters. The van der Waals surface area contributed by atoms with E-state index in [2.05, 4.69) is 83.4 Å². The molecule has 2 nitrogen and oxygen atoms in total. The monoisotopic (exact) mass is 328 g/mol. The molecule has 2 heteroatoms. The highest BCUT2D eigenvalue weighted by Gasteiger charge is 2.08. The van der Waals surface area contributed by atoms with Crippen LogP contribution in [0.1, 0.15) is 16.7 Å². The molecule has 4 rings (SSSR count). The van der Waals surface area contributed by atoms with Crippen LogP contribution in [0.4, 0.5) is 5.69 Å². The molecule has 3 aromatic carbocycles. The van der Waals surface area contributed by atoms with E-state index in [1.165, 1.54) is 33.5 Å². The number of hydrogen-bond acceptors (Lipinski definition) is 2. The summed E-state index contributed by atoms with van der Waals surface area (Å²) in [4.78, 5) is 0. The fourth-order valence-corrected chi connectivity index (χ4v) is 3.43. The van der Waals surface area contributed by atoms with Gasteiger partial charge < -0.3 is 10.6 Å². The molecule has 126 valence electrons. The maximum Gasteiger partial charge on any atom is 0.0400 e. The van der Waals surface area contributed by atoms with Crippen LogP contribution in [0.3, 0.4) is 0 Å². The van der Waals surface area contributed by atoms with Gasteiger partial charge in [0.2, 0.25) is 0 Å². The first-order chi connectivity index (χ1) is 12.4. The number of hydrogen-bond donors (Lipinski definition) is 2. The lowest BCUT2D eigenvalue weighted by molar-refractivity contribution is 0.711. The second-order valence-corrected chi connectivity index (χ2v) is 6.65. The zero-order valence-corrected chi connectivity index (χ0v) is 14.5. The van der Waals surface area contributed by atoms with Gasteiger partial charge in [-0.2, -0.15) is 0 Å². The van der Waals surface area contributed by atoms with Gasteiger partial charge in [-0.25, -0.2) is 0 Å². The minimum Gasteiger partial charge on any atom is -0.381 e. The highest BCUT2D eigenvalue weighted by Crippen LogP contribution is 2.21. The molecule has 0 bridgehead atoms. The van der Waals surface area contributed by atoms with Crippen molar-refractivity contribution in [3.8, 4) is 11.1 Å². The molecule has 3 aromatic rings. The highest BCUT2D eigenvalue weighted by atomic mass is 14.9. The largest absolute Gasteiger partial charge is 0.381 e. The van der Waals surface area contributed by atoms with Crippen molar-refractivity contribution in [2.24, 2.45) is 0 Å². The van der Waals surface area contributed by atoms with Crippen molar-refractivity contribution >= 4 is 5.69 Å². The molecule has 0 saturated heterocycles. The molecule has 1 heterocycles. The smallest absolute Gasteiger partial charge is 0.0400 e. The minimum atomic E-state index is 0.853. The van der Waals surface area contributed by atoms with E-state index >= 15 is 0 Å². The lowest BCUT2D eigenvalue weighted by Crippen LogP contribution is -2.16. The zero-order valence-electron chi connectivity index (χ0n) is 14.5. The van der Waals surface area contributed by atoms with Crippen molar-refractivity contribution in [2.75, 3.05) is 18.4 Å². The third-order valence-electron chi connectivity index (χ3n) is 4.91. The summed E-state index contributed by atoms with van der Waals surface area (Å²) in [5.74, 6) is 0. The Balaban J connectivity index is 1.42. The number of nitrogens with one attached hydrogen (secondary N) is 2. The molecule has 0 aromatic heterocycles. The average molecular weight is 328 g/mol. The zero-order chi connectivity index (χ0) is 16.9. The molecular weight excluding hydrogens is 304 g/mol. The van der Waals surface area contributed by atoms with Crippen LogP contribution >= 0.6 is 0 Å². The van der Waals surface area contributed by atoms with E-state index in [4.69, 9.17) is 0 Å². The van der Waals surface area contributed by atoms with Gasteiger partial charge in [-0.15, -0.1) is 0 Å². The first kappa shape index (κ1) is 15.9. The molecule has 0 fully saturated rings. The summed E-state index contributed by atoms with van der Waals surface area (Å²) in [6, 6.07) is 26.2. The second kappa shape index (κ2) is 7.54. The Hall–Kier alpha value is -2.58. The SMILES string of the molecule is c1ccc(-c2ccc(CNc3ccc4c(c3)CCNCC4)cc2)cc1. The maximum absolute atomic E-state index is 3.57. The Morgan fingerprint density at radius 2 is 1.44 bits per heavy atom. The van der Waals surface area contributed by atoms with E-state index in [1.54, 1.807) is 0 Å². The molecule has 1 aliphatic heterocycles. The lowest BCUT2D eigenvalue weighted by Gasteiger charge is -2.11. The summed E-state index contributed by atoms with van der Waals surface area (Å²) in [6.45, 7) is 3.02. The summed E-state index contributed by atoms with van der Waals surface area (Å²) in [5.41, 5.74) is 8.02. The van der Waals surface area contributed by atoms with Crippen LogP contribution in [0.25, 0.3) is 11.1 Å². The van der Waals surface area contributed by atoms with Crippen molar-refractivity contribution in [2.45, 2.75) is 19.4 Å². The average Bonchev–Trinajstić information content (AvgIpc) is 2.92. The number of fused-ring (bicyclic) bond motifs is 1. The van der Waals surface area contributed by atoms with Crippen LogP contribution in [-0.4, -0.2) is 13.1 Å². The molecule has 0 spiro atoms. The number of rotatable bonds is 4. The van der Waals surface area contributed by atoms with Gasteiger partial charge in [-0.05, 0) is 65.9 Å². The second-order valence-electron chi connectivity index (χ2n) is 6.65. The Kier molecular flexibility index (Phi) is 4.80. The van der Waals surface area contributed by atoms with Gasteiger partial charge in [0.05, 0.1) is 0 Å². The summed E-state index contributed by atoms with van der Waals surface area (Å²) in [6.07, 6.45) is 2.26. The van der Waals surface area contributed by atoms with E-state index in [-0.39, 0.29) is 0 Å². The van der Waals surface area contributed by atoms with E-state index < -0.39 is 0 Å². The minimum absolute atomic E-state index is 0.853. The highest BCUT2D eigenvalue weighted by molar-refractivity contribution is 5.63. The van der Waals surface area contributed by atoms with E-state index in [1.807, 2.05) is 0 Å². The third kappa shape index (κ3) is 3.92. The predicted octanol–water partition coefficient (Wildman–Crippen LogP) is 4.65. The Bertz CT molecular complexity index is 822. The standard InChI is InChI=1S/C23H24N2/c1-2-4-19(5-3-1)20-8-6-18(7-9-20)17-25-23-11-10-21-12-14-24-15-13-22(21)16-23/h1-11,16,24-25H,12-15,17H2. The molecule has 0 unspecified atom stereocenters. The van der Waals surface area contributed by atoms with Gasteiger partial charge in [-0.3, -0.25) is 0 Å². The topological polar surface area (TPSA) is 24.1 Å². The third-order valence-corrected chi connectivity index (χ3v) is 4.91. The lowest BCUT2D eigenvalue weighted by atomic mass is 10.0.